The first-order valence-corrected chi connectivity index (χ1v) is 7.67. The van der Waals surface area contributed by atoms with E-state index in [4.69, 9.17) is 9.15 Å². The predicted molar refractivity (Wildman–Crippen MR) is 82.6 cm³/mol. The molecule has 0 spiro atoms. The summed E-state index contributed by atoms with van der Waals surface area (Å²) in [7, 11) is 0. The van der Waals surface area contributed by atoms with Crippen LogP contribution in [-0.4, -0.2) is 16.2 Å². The van der Waals surface area contributed by atoms with Gasteiger partial charge in [-0.25, -0.2) is 4.79 Å². The number of carbonyl (C=O) groups excluding carboxylic acids is 1. The zero-order chi connectivity index (χ0) is 15.5. The number of ether oxygens (including phenoxy) is 1. The van der Waals surface area contributed by atoms with Gasteiger partial charge >= 0.3 is 5.97 Å². The first kappa shape index (κ1) is 14.5. The van der Waals surface area contributed by atoms with Gasteiger partial charge in [-0.1, -0.05) is 24.3 Å². The molecule has 0 N–H and O–H groups in total. The first-order valence-electron chi connectivity index (χ1n) is 6.79. The van der Waals surface area contributed by atoms with E-state index in [1.807, 2.05) is 36.6 Å². The third-order valence-corrected chi connectivity index (χ3v) is 4.03. The summed E-state index contributed by atoms with van der Waals surface area (Å²) in [6.07, 6.45) is -0.603. The Balaban J connectivity index is 1.74. The van der Waals surface area contributed by atoms with E-state index < -0.39 is 12.1 Å². The number of rotatable bonds is 4. The monoisotopic (exact) mass is 314 g/mol. The number of esters is 1. The van der Waals surface area contributed by atoms with E-state index in [0.717, 1.165) is 10.4 Å². The van der Waals surface area contributed by atoms with E-state index >= 15 is 0 Å². The van der Waals surface area contributed by atoms with Crippen molar-refractivity contribution < 1.29 is 13.9 Å². The van der Waals surface area contributed by atoms with Gasteiger partial charge in [-0.2, -0.15) is 0 Å². The highest BCUT2D eigenvalue weighted by Crippen LogP contribution is 2.26. The van der Waals surface area contributed by atoms with Crippen molar-refractivity contribution in [2.24, 2.45) is 0 Å². The van der Waals surface area contributed by atoms with Crippen LogP contribution in [0.2, 0.25) is 0 Å². The molecule has 2 aromatic heterocycles. The van der Waals surface area contributed by atoms with Crippen molar-refractivity contribution in [3.8, 4) is 10.8 Å². The number of aromatic nitrogens is 2. The Bertz CT molecular complexity index is 780. The van der Waals surface area contributed by atoms with Gasteiger partial charge in [0.1, 0.15) is 0 Å². The van der Waals surface area contributed by atoms with Gasteiger partial charge < -0.3 is 9.15 Å². The third-order valence-electron chi connectivity index (χ3n) is 3.17. The molecule has 0 radical (unpaired) electrons. The number of hydrogen-bond donors (Lipinski definition) is 0. The van der Waals surface area contributed by atoms with Gasteiger partial charge in [0.2, 0.25) is 0 Å². The molecule has 0 aliphatic heterocycles. The SMILES string of the molecule is Cc1ccccc1C(=O)O[C@H](C)c1nnc(-c2cccs2)o1. The Morgan fingerprint density at radius 1 is 1.23 bits per heavy atom. The van der Waals surface area contributed by atoms with Gasteiger partial charge in [-0.15, -0.1) is 21.5 Å². The summed E-state index contributed by atoms with van der Waals surface area (Å²) >= 11 is 1.51. The molecule has 3 aromatic rings. The van der Waals surface area contributed by atoms with Crippen molar-refractivity contribution in [3.63, 3.8) is 0 Å². The fourth-order valence-electron chi connectivity index (χ4n) is 1.98. The number of nitrogens with zero attached hydrogens (tertiary/aromatic N) is 2. The molecule has 2 heterocycles. The van der Waals surface area contributed by atoms with Gasteiger partial charge in [-0.05, 0) is 36.9 Å². The normalized spacial score (nSPS) is 12.1. The molecule has 1 atom stereocenters. The average Bonchev–Trinajstić information content (AvgIpc) is 3.18. The van der Waals surface area contributed by atoms with Crippen LogP contribution in [0.15, 0.2) is 46.2 Å². The fraction of sp³-hybridized carbons (Fsp3) is 0.188. The maximum Gasteiger partial charge on any atom is 0.339 e. The Morgan fingerprint density at radius 2 is 2.05 bits per heavy atom. The summed E-state index contributed by atoms with van der Waals surface area (Å²) in [5.41, 5.74) is 1.40. The highest BCUT2D eigenvalue weighted by molar-refractivity contribution is 7.13. The van der Waals surface area contributed by atoms with Gasteiger partial charge in [-0.3, -0.25) is 0 Å². The topological polar surface area (TPSA) is 65.2 Å². The maximum absolute atomic E-state index is 12.2. The van der Waals surface area contributed by atoms with Crippen molar-refractivity contribution in [3.05, 3.63) is 58.8 Å². The Labute approximate surface area is 131 Å². The minimum Gasteiger partial charge on any atom is -0.449 e. The number of benzene rings is 1. The number of carbonyl (C=O) groups is 1. The van der Waals surface area contributed by atoms with Crippen LogP contribution in [0.1, 0.15) is 34.8 Å². The second kappa shape index (κ2) is 6.11. The van der Waals surface area contributed by atoms with Crippen molar-refractivity contribution in [1.29, 1.82) is 0 Å². The van der Waals surface area contributed by atoms with Gasteiger partial charge in [0.25, 0.3) is 11.8 Å². The molecule has 22 heavy (non-hydrogen) atoms. The van der Waals surface area contributed by atoms with Gasteiger partial charge in [0.05, 0.1) is 10.4 Å². The largest absolute Gasteiger partial charge is 0.449 e. The van der Waals surface area contributed by atoms with E-state index in [9.17, 15) is 4.79 Å². The molecule has 0 fully saturated rings. The smallest absolute Gasteiger partial charge is 0.339 e. The summed E-state index contributed by atoms with van der Waals surface area (Å²) in [4.78, 5) is 13.1. The van der Waals surface area contributed by atoms with Crippen LogP contribution in [0, 0.1) is 6.92 Å². The fourth-order valence-corrected chi connectivity index (χ4v) is 2.62. The third kappa shape index (κ3) is 2.92. The van der Waals surface area contributed by atoms with Crippen molar-refractivity contribution in [2.75, 3.05) is 0 Å². The van der Waals surface area contributed by atoms with Crippen LogP contribution in [0.3, 0.4) is 0 Å². The van der Waals surface area contributed by atoms with Crippen LogP contribution >= 0.6 is 11.3 Å². The van der Waals surface area contributed by atoms with Gasteiger partial charge in [0, 0.05) is 0 Å². The number of thiophene rings is 1. The van der Waals surface area contributed by atoms with Crippen LogP contribution in [0.25, 0.3) is 10.8 Å². The summed E-state index contributed by atoms with van der Waals surface area (Å²) < 4.78 is 11.0. The van der Waals surface area contributed by atoms with E-state index in [1.54, 1.807) is 19.1 Å². The van der Waals surface area contributed by atoms with E-state index in [0.29, 0.717) is 11.5 Å². The molecule has 5 nitrogen and oxygen atoms in total. The predicted octanol–water partition coefficient (Wildman–Crippen LogP) is 4.02. The first-order chi connectivity index (χ1) is 10.6. The zero-order valence-corrected chi connectivity index (χ0v) is 13.0. The second-order valence-electron chi connectivity index (χ2n) is 4.79. The minimum atomic E-state index is -0.603. The average molecular weight is 314 g/mol. The van der Waals surface area contributed by atoms with E-state index in [2.05, 4.69) is 10.2 Å². The quantitative estimate of drug-likeness (QED) is 0.680. The van der Waals surface area contributed by atoms with Crippen LogP contribution < -0.4 is 0 Å². The molecule has 1 aromatic carbocycles. The lowest BCUT2D eigenvalue weighted by Crippen LogP contribution is -2.10. The standard InChI is InChI=1S/C16H14N2O3S/c1-10-6-3-4-7-12(10)16(19)20-11(2)14-17-18-15(21-14)13-8-5-9-22-13/h3-9,11H,1-2H3/t11-/m1/s1. The number of aryl methyl sites for hydroxylation is 1. The lowest BCUT2D eigenvalue weighted by atomic mass is 10.1. The molecule has 6 heteroatoms. The lowest BCUT2D eigenvalue weighted by Gasteiger charge is -2.10. The Morgan fingerprint density at radius 3 is 2.77 bits per heavy atom. The molecule has 0 bridgehead atoms. The van der Waals surface area contributed by atoms with E-state index in [1.165, 1.54) is 11.3 Å². The molecule has 0 aliphatic rings. The lowest BCUT2D eigenvalue weighted by molar-refractivity contribution is 0.0279. The molecular formula is C16H14N2O3S. The molecule has 112 valence electrons. The summed E-state index contributed by atoms with van der Waals surface area (Å²) in [6.45, 7) is 3.57. The molecule has 3 rings (SSSR count). The van der Waals surface area contributed by atoms with Crippen LogP contribution in [0.4, 0.5) is 0 Å². The maximum atomic E-state index is 12.2. The van der Waals surface area contributed by atoms with Crippen molar-refractivity contribution in [2.45, 2.75) is 20.0 Å². The summed E-state index contributed by atoms with van der Waals surface area (Å²) in [5, 5.41) is 9.87. The minimum absolute atomic E-state index is 0.283. The van der Waals surface area contributed by atoms with Crippen molar-refractivity contribution in [1.82, 2.24) is 10.2 Å². The number of hydrogen-bond acceptors (Lipinski definition) is 6. The van der Waals surface area contributed by atoms with Gasteiger partial charge in [0.15, 0.2) is 6.10 Å². The Kier molecular flexibility index (Phi) is 4.02. The van der Waals surface area contributed by atoms with E-state index in [-0.39, 0.29) is 5.89 Å². The van der Waals surface area contributed by atoms with Crippen molar-refractivity contribution >= 4 is 17.3 Å². The molecular weight excluding hydrogens is 300 g/mol. The molecule has 0 amide bonds. The Hall–Kier alpha value is -2.47. The molecule has 0 saturated carbocycles. The molecule has 0 unspecified atom stereocenters. The van der Waals surface area contributed by atoms with Crippen LogP contribution in [0.5, 0.6) is 0 Å². The summed E-state index contributed by atoms with van der Waals surface area (Å²) in [5.74, 6) is 0.315. The second-order valence-corrected chi connectivity index (χ2v) is 5.73. The van der Waals surface area contributed by atoms with Crippen LogP contribution in [-0.2, 0) is 4.74 Å². The zero-order valence-electron chi connectivity index (χ0n) is 12.1. The molecule has 0 aliphatic carbocycles. The summed E-state index contributed by atoms with van der Waals surface area (Å²) in [6, 6.07) is 11.1. The highest BCUT2D eigenvalue weighted by Gasteiger charge is 2.20. The molecule has 0 saturated heterocycles. The highest BCUT2D eigenvalue weighted by atomic mass is 32.1.